The van der Waals surface area contributed by atoms with Gasteiger partial charge in [-0.3, -0.25) is 4.79 Å². The molecule has 7 atom stereocenters. The maximum atomic E-state index is 13.1. The lowest BCUT2D eigenvalue weighted by molar-refractivity contribution is -0.302. The molecule has 1 fully saturated rings. The first-order chi connectivity index (χ1) is 39.3. The number of aliphatic hydroxyl groups excluding tert-OH is 5. The van der Waals surface area contributed by atoms with Crippen molar-refractivity contribution in [2.45, 2.75) is 320 Å². The van der Waals surface area contributed by atoms with Crippen molar-refractivity contribution >= 4 is 5.91 Å². The molecule has 9 heteroatoms. The van der Waals surface area contributed by atoms with Gasteiger partial charge < -0.3 is 40.3 Å². The highest BCUT2D eigenvalue weighted by Crippen LogP contribution is 2.23. The van der Waals surface area contributed by atoms with Crippen LogP contribution in [0.5, 0.6) is 0 Å². The molecule has 6 N–H and O–H groups in total. The third kappa shape index (κ3) is 47.4. The first-order valence-electron chi connectivity index (χ1n) is 33.1. The number of aliphatic hydroxyl groups is 5. The van der Waals surface area contributed by atoms with E-state index in [0.29, 0.717) is 6.42 Å². The standard InChI is InChI=1S/C71H123NO8/c1-3-5-7-9-11-13-15-17-19-21-23-25-27-29-31-33-35-37-39-41-43-45-47-49-51-53-55-57-59-61-67(75)72-64(63-79-71-70(78)69(77)68(76)66(62-73)80-71)65(74)60-58-56-54-52-50-48-46-44-42-40-38-36-34-32-30-28-26-24-22-20-18-16-14-12-10-8-6-4-2/h5,7,11,13,17,19,23,25,29,31,35,37,41,43,47,49,58,60,64-66,68-71,73-74,76-78H,3-4,6,8-10,12,14-16,18,20-22,24,26-28,30,32-34,36,38-40,42,44-46,48,50-57,59,61-63H2,1-2H3,(H,72,75)/b7-5-,13-11-,19-17-,25-23-,31-29-,37-35-,43-41-,49-47-,60-58+. The maximum Gasteiger partial charge on any atom is 0.220 e. The molecule has 0 aromatic rings. The van der Waals surface area contributed by atoms with Crippen molar-refractivity contribution in [3.63, 3.8) is 0 Å². The highest BCUT2D eigenvalue weighted by Gasteiger charge is 2.44. The van der Waals surface area contributed by atoms with Crippen LogP contribution in [0.2, 0.25) is 0 Å². The second-order valence-corrected chi connectivity index (χ2v) is 22.5. The van der Waals surface area contributed by atoms with Gasteiger partial charge in [0.25, 0.3) is 0 Å². The van der Waals surface area contributed by atoms with Gasteiger partial charge >= 0.3 is 0 Å². The second kappa shape index (κ2) is 59.0. The van der Waals surface area contributed by atoms with Crippen molar-refractivity contribution in [1.82, 2.24) is 5.32 Å². The molecule has 1 heterocycles. The molecule has 80 heavy (non-hydrogen) atoms. The van der Waals surface area contributed by atoms with Crippen LogP contribution in [0.15, 0.2) is 109 Å². The molecule has 0 bridgehead atoms. The van der Waals surface area contributed by atoms with Crippen LogP contribution < -0.4 is 5.32 Å². The molecular formula is C71H123NO8. The van der Waals surface area contributed by atoms with E-state index in [1.807, 2.05) is 6.08 Å². The highest BCUT2D eigenvalue weighted by atomic mass is 16.7. The minimum atomic E-state index is -1.58. The molecule has 0 aromatic carbocycles. The Labute approximate surface area is 491 Å². The predicted molar refractivity (Wildman–Crippen MR) is 341 cm³/mol. The maximum absolute atomic E-state index is 13.1. The van der Waals surface area contributed by atoms with Gasteiger partial charge in [-0.15, -0.1) is 0 Å². The fourth-order valence-corrected chi connectivity index (χ4v) is 9.94. The first-order valence-corrected chi connectivity index (χ1v) is 33.1. The molecule has 0 aliphatic carbocycles. The van der Waals surface area contributed by atoms with Gasteiger partial charge in [0.1, 0.15) is 24.4 Å². The van der Waals surface area contributed by atoms with Crippen LogP contribution in [-0.2, 0) is 14.3 Å². The van der Waals surface area contributed by atoms with E-state index >= 15 is 0 Å². The average molecular weight is 1120 g/mol. The summed E-state index contributed by atoms with van der Waals surface area (Å²) in [6, 6.07) is -0.829. The molecule has 1 amide bonds. The van der Waals surface area contributed by atoms with Crippen molar-refractivity contribution in [1.29, 1.82) is 0 Å². The van der Waals surface area contributed by atoms with Crippen LogP contribution in [-0.4, -0.2) is 87.5 Å². The molecule has 0 aromatic heterocycles. The quantitative estimate of drug-likeness (QED) is 0.0261. The molecule has 0 spiro atoms. The fraction of sp³-hybridized carbons (Fsp3) is 0.732. The van der Waals surface area contributed by atoms with Crippen molar-refractivity contribution in [2.75, 3.05) is 13.2 Å². The van der Waals surface area contributed by atoms with Gasteiger partial charge in [0.15, 0.2) is 6.29 Å². The van der Waals surface area contributed by atoms with E-state index in [9.17, 15) is 30.3 Å². The molecular weight excluding hydrogens is 995 g/mol. The molecule has 1 aliphatic rings. The van der Waals surface area contributed by atoms with Crippen LogP contribution >= 0.6 is 0 Å². The number of rotatable bonds is 56. The summed E-state index contributed by atoms with van der Waals surface area (Å²) in [6.45, 7) is 3.67. The zero-order valence-corrected chi connectivity index (χ0v) is 51.3. The molecule has 0 saturated carbocycles. The summed E-state index contributed by atoms with van der Waals surface area (Å²) in [7, 11) is 0. The number of nitrogens with one attached hydrogen (secondary N) is 1. The van der Waals surface area contributed by atoms with Crippen LogP contribution in [0.25, 0.3) is 0 Å². The van der Waals surface area contributed by atoms with Crippen LogP contribution in [0, 0.1) is 0 Å². The summed E-state index contributed by atoms with van der Waals surface area (Å²) < 4.78 is 11.3. The normalized spacial score (nSPS) is 19.2. The molecule has 1 saturated heterocycles. The van der Waals surface area contributed by atoms with Crippen molar-refractivity contribution in [3.05, 3.63) is 109 Å². The average Bonchev–Trinajstić information content (AvgIpc) is 3.46. The lowest BCUT2D eigenvalue weighted by Crippen LogP contribution is -2.60. The number of allylic oxidation sites excluding steroid dienone is 17. The van der Waals surface area contributed by atoms with Crippen molar-refractivity contribution < 1.29 is 39.8 Å². The highest BCUT2D eigenvalue weighted by molar-refractivity contribution is 5.76. The van der Waals surface area contributed by atoms with E-state index < -0.39 is 49.5 Å². The monoisotopic (exact) mass is 1120 g/mol. The Morgan fingerprint density at radius 2 is 0.775 bits per heavy atom. The van der Waals surface area contributed by atoms with E-state index in [0.717, 1.165) is 103 Å². The molecule has 460 valence electrons. The number of carbonyl (C=O) groups excluding carboxylic acids is 1. The Morgan fingerprint density at radius 3 is 1.15 bits per heavy atom. The molecule has 0 radical (unpaired) electrons. The minimum Gasteiger partial charge on any atom is -0.394 e. The second-order valence-electron chi connectivity index (χ2n) is 22.5. The number of hydrogen-bond acceptors (Lipinski definition) is 8. The Morgan fingerprint density at radius 1 is 0.438 bits per heavy atom. The van der Waals surface area contributed by atoms with Gasteiger partial charge in [-0.1, -0.05) is 297 Å². The summed E-state index contributed by atoms with van der Waals surface area (Å²) in [5.41, 5.74) is 0. The van der Waals surface area contributed by atoms with Gasteiger partial charge in [0, 0.05) is 6.42 Å². The number of ether oxygens (including phenoxy) is 2. The summed E-state index contributed by atoms with van der Waals surface area (Å²) in [5.74, 6) is -0.203. The Balaban J connectivity index is 2.22. The summed E-state index contributed by atoms with van der Waals surface area (Å²) in [6.07, 6.45) is 80.3. The summed E-state index contributed by atoms with van der Waals surface area (Å²) in [4.78, 5) is 13.1. The fourth-order valence-electron chi connectivity index (χ4n) is 9.94. The lowest BCUT2D eigenvalue weighted by atomic mass is 9.99. The number of carbonyl (C=O) groups is 1. The number of hydrogen-bond donors (Lipinski definition) is 6. The predicted octanol–water partition coefficient (Wildman–Crippen LogP) is 17.7. The third-order valence-corrected chi connectivity index (χ3v) is 15.1. The van der Waals surface area contributed by atoms with Gasteiger partial charge in [-0.25, -0.2) is 0 Å². The van der Waals surface area contributed by atoms with E-state index in [1.54, 1.807) is 6.08 Å². The van der Waals surface area contributed by atoms with Crippen molar-refractivity contribution in [3.8, 4) is 0 Å². The van der Waals surface area contributed by atoms with E-state index in [-0.39, 0.29) is 12.5 Å². The molecule has 1 rings (SSSR count). The summed E-state index contributed by atoms with van der Waals surface area (Å²) in [5, 5.41) is 54.7. The van der Waals surface area contributed by atoms with Crippen LogP contribution in [0.3, 0.4) is 0 Å². The minimum absolute atomic E-state index is 0.203. The molecule has 9 nitrogen and oxygen atoms in total. The number of unbranched alkanes of at least 4 members (excludes halogenated alkanes) is 30. The van der Waals surface area contributed by atoms with Gasteiger partial charge in [-0.2, -0.15) is 0 Å². The SMILES string of the molecule is CC/C=C\C/C=C\C/C=C\C/C=C\C/C=C\C/C=C\C/C=C\C/C=C\CCCCCCC(=O)NC(COC1OC(CO)C(O)C(O)C1O)C(O)/C=C/CCCCCCCCCCCCCCCCCCCCCCCCCCCC. The summed E-state index contributed by atoms with van der Waals surface area (Å²) >= 11 is 0. The Hall–Kier alpha value is -3.15. The zero-order valence-electron chi connectivity index (χ0n) is 51.3. The topological polar surface area (TPSA) is 149 Å². The Kier molecular flexibility index (Phi) is 55.2. The van der Waals surface area contributed by atoms with E-state index in [1.165, 1.54) is 154 Å². The van der Waals surface area contributed by atoms with Gasteiger partial charge in [0.05, 0.1) is 25.4 Å². The van der Waals surface area contributed by atoms with E-state index in [2.05, 4.69) is 116 Å². The molecule has 1 aliphatic heterocycles. The zero-order chi connectivity index (χ0) is 57.9. The first kappa shape index (κ1) is 74.9. The van der Waals surface area contributed by atoms with Gasteiger partial charge in [-0.05, 0) is 83.5 Å². The smallest absolute Gasteiger partial charge is 0.220 e. The van der Waals surface area contributed by atoms with Crippen LogP contribution in [0.4, 0.5) is 0 Å². The van der Waals surface area contributed by atoms with Gasteiger partial charge in [0.2, 0.25) is 5.91 Å². The molecule has 7 unspecified atom stereocenters. The largest absolute Gasteiger partial charge is 0.394 e. The Bertz CT molecular complexity index is 1630. The third-order valence-electron chi connectivity index (χ3n) is 15.1. The van der Waals surface area contributed by atoms with Crippen LogP contribution in [0.1, 0.15) is 277 Å². The van der Waals surface area contributed by atoms with E-state index in [4.69, 9.17) is 9.47 Å². The van der Waals surface area contributed by atoms with Crippen molar-refractivity contribution in [2.24, 2.45) is 0 Å². The lowest BCUT2D eigenvalue weighted by Gasteiger charge is -2.40. The number of amides is 1.